The van der Waals surface area contributed by atoms with Gasteiger partial charge in [-0.15, -0.1) is 0 Å². The minimum Gasteiger partial charge on any atom is -0.346 e. The first-order valence-corrected chi connectivity index (χ1v) is 28.9. The number of para-hydroxylation sites is 6. The van der Waals surface area contributed by atoms with Crippen LogP contribution in [0.3, 0.4) is 0 Å². The number of nitrogens with zero attached hydrogens (tertiary/aromatic N) is 5. The third-order valence-electron chi connectivity index (χ3n) is 17.8. The maximum atomic E-state index is 5.77. The average Bonchev–Trinajstić information content (AvgIpc) is 2.50. The highest BCUT2D eigenvalue weighted by Crippen LogP contribution is 2.46. The molecule has 4 aromatic heterocycles. The molecule has 0 saturated heterocycles. The van der Waals surface area contributed by atoms with Gasteiger partial charge in [-0.2, -0.15) is 0 Å². The molecular weight excluding hydrogens is 1020 g/mol. The second-order valence-corrected chi connectivity index (χ2v) is 22.3. The van der Waals surface area contributed by atoms with Gasteiger partial charge in [0, 0.05) is 77.0 Å². The van der Waals surface area contributed by atoms with Gasteiger partial charge in [0.25, 0.3) is 0 Å². The number of rotatable bonds is 7. The summed E-state index contributed by atoms with van der Waals surface area (Å²) in [7, 11) is 0. The summed E-state index contributed by atoms with van der Waals surface area (Å²) < 4.78 is 9.80. The van der Waals surface area contributed by atoms with Crippen molar-refractivity contribution in [1.29, 1.82) is 0 Å². The highest BCUT2D eigenvalue weighted by atomic mass is 15.3. The van der Waals surface area contributed by atoms with Crippen molar-refractivity contribution in [1.82, 2.24) is 18.3 Å². The smallest absolute Gasteiger partial charge is 0.201 e. The van der Waals surface area contributed by atoms with Crippen LogP contribution in [0.5, 0.6) is 0 Å². The van der Waals surface area contributed by atoms with Gasteiger partial charge in [0.2, 0.25) is 6.29 Å². The first-order valence-electron chi connectivity index (χ1n) is 28.9. The van der Waals surface area contributed by atoms with E-state index in [1.807, 2.05) is 0 Å². The lowest BCUT2D eigenvalue weighted by Gasteiger charge is -2.28. The Balaban J connectivity index is 0.865. The van der Waals surface area contributed by atoms with E-state index in [0.29, 0.717) is 0 Å². The van der Waals surface area contributed by atoms with Crippen molar-refractivity contribution in [2.75, 3.05) is 5.32 Å². The van der Waals surface area contributed by atoms with Gasteiger partial charge in [-0.3, -0.25) is 0 Å². The number of benzene rings is 13. The number of fused-ring (bicyclic) bond motifs is 15. The van der Waals surface area contributed by atoms with Crippen molar-refractivity contribution >= 4 is 109 Å². The molecule has 1 aliphatic heterocycles. The number of nitrogens with one attached hydrogen (secondary N) is 1. The first kappa shape index (κ1) is 46.5. The number of aromatic nitrogens is 4. The van der Waals surface area contributed by atoms with Crippen LogP contribution in [-0.4, -0.2) is 24.0 Å². The van der Waals surface area contributed by atoms with Crippen molar-refractivity contribution < 1.29 is 0 Å². The Labute approximate surface area is 483 Å². The quantitative estimate of drug-likeness (QED) is 0.170. The standard InChI is InChI=1S/C78H50N6/c1-4-21-54(22-5-1)81-69-33-16-14-29-60(69)66-47-74-67(48-73(66)81)65-46-53(40-44-72(65)84(74)78-79-68-32-15-12-30-63(68)75(80-78)51-37-35-50(36-38-51)58-31-18-20-49-19-10-11-27-57(49)58)52-39-43-71-64(45-52)62-42-41-61-59-28-13-17-34-70(59)82(55-23-6-2-7-24-55)76(61)77(62)83(71)56-25-8-3-9-26-56/h1-48,78-79H. The van der Waals surface area contributed by atoms with Gasteiger partial charge in [0.05, 0.1) is 49.8 Å². The Morgan fingerprint density at radius 3 is 1.42 bits per heavy atom. The van der Waals surface area contributed by atoms with Crippen molar-refractivity contribution in [3.05, 3.63) is 302 Å². The van der Waals surface area contributed by atoms with E-state index in [1.54, 1.807) is 0 Å². The van der Waals surface area contributed by atoms with E-state index in [1.165, 1.54) is 76.3 Å². The van der Waals surface area contributed by atoms with E-state index < -0.39 is 6.29 Å². The van der Waals surface area contributed by atoms with Gasteiger partial charge in [-0.05, 0) is 124 Å². The molecule has 0 bridgehead atoms. The third-order valence-corrected chi connectivity index (χ3v) is 17.8. The van der Waals surface area contributed by atoms with Gasteiger partial charge >= 0.3 is 0 Å². The number of aliphatic imine (C=N–C) groups is 1. The molecule has 1 atom stereocenters. The van der Waals surface area contributed by atoms with Gasteiger partial charge in [0.15, 0.2) is 0 Å². The Bertz CT molecular complexity index is 5560. The molecule has 0 fully saturated rings. The van der Waals surface area contributed by atoms with Gasteiger partial charge < -0.3 is 23.6 Å². The van der Waals surface area contributed by atoms with Crippen molar-refractivity contribution in [2.24, 2.45) is 4.99 Å². The fourth-order valence-corrected chi connectivity index (χ4v) is 14.0. The molecule has 5 heterocycles. The highest BCUT2D eigenvalue weighted by Gasteiger charge is 2.28. The van der Waals surface area contributed by atoms with E-state index in [-0.39, 0.29) is 0 Å². The van der Waals surface area contributed by atoms with Crippen LogP contribution in [0, 0.1) is 0 Å². The SMILES string of the molecule is c1ccc(-n2c3ccccc3c3cc4c(cc32)c2cc(-c3ccc5c(c3)c3ccc6c7ccccc7n(-c7ccccc7)c6c3n5-c3ccccc3)ccc2n4C2N=C(c3ccc(-c4cccc5ccccc45)cc3)c3ccccc3N2)cc1. The zero-order valence-electron chi connectivity index (χ0n) is 45.5. The summed E-state index contributed by atoms with van der Waals surface area (Å²) in [6.45, 7) is 0. The molecule has 1 unspecified atom stereocenters. The van der Waals surface area contributed by atoms with Crippen molar-refractivity contribution in [3.63, 3.8) is 0 Å². The van der Waals surface area contributed by atoms with Gasteiger partial charge in [-0.1, -0.05) is 200 Å². The monoisotopic (exact) mass is 1070 g/mol. The van der Waals surface area contributed by atoms with Crippen LogP contribution in [-0.2, 0) is 0 Å². The molecule has 6 heteroatoms. The molecule has 6 nitrogen and oxygen atoms in total. The molecule has 0 spiro atoms. The van der Waals surface area contributed by atoms with Gasteiger partial charge in [0.1, 0.15) is 0 Å². The molecule has 13 aromatic carbocycles. The van der Waals surface area contributed by atoms with Crippen LogP contribution in [0.4, 0.5) is 5.69 Å². The molecule has 1 aliphatic rings. The summed E-state index contributed by atoms with van der Waals surface area (Å²) in [6, 6.07) is 107. The first-order chi connectivity index (χ1) is 41.7. The molecule has 0 aliphatic carbocycles. The predicted molar refractivity (Wildman–Crippen MR) is 352 cm³/mol. The van der Waals surface area contributed by atoms with Gasteiger partial charge in [-0.25, -0.2) is 4.99 Å². The molecular formula is C78H50N6. The van der Waals surface area contributed by atoms with Crippen LogP contribution in [0.15, 0.2) is 296 Å². The summed E-state index contributed by atoms with van der Waals surface area (Å²) >= 11 is 0. The zero-order chi connectivity index (χ0) is 55.0. The maximum Gasteiger partial charge on any atom is 0.201 e. The van der Waals surface area contributed by atoms with Crippen LogP contribution in [0.1, 0.15) is 17.4 Å². The molecule has 84 heavy (non-hydrogen) atoms. The van der Waals surface area contributed by atoms with E-state index >= 15 is 0 Å². The maximum absolute atomic E-state index is 5.77. The summed E-state index contributed by atoms with van der Waals surface area (Å²) in [5.41, 5.74) is 21.5. The van der Waals surface area contributed by atoms with E-state index in [9.17, 15) is 0 Å². The predicted octanol–water partition coefficient (Wildman–Crippen LogP) is 20.0. The van der Waals surface area contributed by atoms with E-state index in [4.69, 9.17) is 4.99 Å². The van der Waals surface area contributed by atoms with Crippen LogP contribution < -0.4 is 5.32 Å². The highest BCUT2D eigenvalue weighted by molar-refractivity contribution is 6.25. The topological polar surface area (TPSA) is 44.1 Å². The molecule has 0 amide bonds. The van der Waals surface area contributed by atoms with Crippen LogP contribution >= 0.6 is 0 Å². The van der Waals surface area contributed by atoms with Crippen molar-refractivity contribution in [2.45, 2.75) is 6.29 Å². The third kappa shape index (κ3) is 6.88. The molecule has 18 rings (SSSR count). The summed E-state index contributed by atoms with van der Waals surface area (Å²) in [4.78, 5) is 5.77. The minimum absolute atomic E-state index is 0.470. The number of hydrogen-bond acceptors (Lipinski definition) is 2. The molecule has 17 aromatic rings. The molecule has 0 saturated carbocycles. The van der Waals surface area contributed by atoms with Crippen molar-refractivity contribution in [3.8, 4) is 39.3 Å². The Hall–Kier alpha value is -11.2. The van der Waals surface area contributed by atoms with Crippen LogP contribution in [0.2, 0.25) is 0 Å². The largest absolute Gasteiger partial charge is 0.346 e. The zero-order valence-corrected chi connectivity index (χ0v) is 45.5. The molecule has 392 valence electrons. The average molecular weight is 1070 g/mol. The lowest BCUT2D eigenvalue weighted by Crippen LogP contribution is -2.24. The second kappa shape index (κ2) is 18.1. The number of anilines is 1. The minimum atomic E-state index is -0.470. The Morgan fingerprint density at radius 2 is 0.726 bits per heavy atom. The molecule has 1 N–H and O–H groups in total. The Kier molecular flexibility index (Phi) is 10.1. The summed E-state index contributed by atoms with van der Waals surface area (Å²) in [6.07, 6.45) is -0.470. The van der Waals surface area contributed by atoms with E-state index in [2.05, 4.69) is 315 Å². The molecule has 0 radical (unpaired) electrons. The second-order valence-electron chi connectivity index (χ2n) is 22.3. The summed E-state index contributed by atoms with van der Waals surface area (Å²) in [5, 5.41) is 16.0. The number of hydrogen-bond donors (Lipinski definition) is 1. The Morgan fingerprint density at radius 1 is 0.274 bits per heavy atom. The normalized spacial score (nSPS) is 13.5. The summed E-state index contributed by atoms with van der Waals surface area (Å²) in [5.74, 6) is 0. The van der Waals surface area contributed by atoms with E-state index in [0.717, 1.165) is 83.6 Å². The lowest BCUT2D eigenvalue weighted by atomic mass is 9.94. The van der Waals surface area contributed by atoms with Crippen LogP contribution in [0.25, 0.3) is 137 Å². The lowest BCUT2D eigenvalue weighted by molar-refractivity contribution is 0.625. The fourth-order valence-electron chi connectivity index (χ4n) is 14.0. The fraction of sp³-hybridized carbons (Fsp3) is 0.0128.